The smallest absolute Gasteiger partial charge is 0.256 e. The normalized spacial score (nSPS) is 16.4. The molecule has 0 bridgehead atoms. The molecule has 1 fully saturated rings. The third kappa shape index (κ3) is 5.34. The first-order valence-electron chi connectivity index (χ1n) is 9.62. The van der Waals surface area contributed by atoms with Gasteiger partial charge in [0.05, 0.1) is 11.5 Å². The number of amides is 2. The lowest BCUT2D eigenvalue weighted by Crippen LogP contribution is -2.42. The van der Waals surface area contributed by atoms with Crippen molar-refractivity contribution in [1.29, 1.82) is 0 Å². The van der Waals surface area contributed by atoms with Crippen molar-refractivity contribution < 1.29 is 14.0 Å². The van der Waals surface area contributed by atoms with Crippen LogP contribution in [0.5, 0.6) is 0 Å². The minimum absolute atomic E-state index is 0. The van der Waals surface area contributed by atoms with Gasteiger partial charge in [0.15, 0.2) is 0 Å². The van der Waals surface area contributed by atoms with Gasteiger partial charge in [-0.15, -0.1) is 12.4 Å². The third-order valence-electron chi connectivity index (χ3n) is 5.31. The van der Waals surface area contributed by atoms with E-state index in [0.29, 0.717) is 32.6 Å². The highest BCUT2D eigenvalue weighted by atomic mass is 35.5. The Labute approximate surface area is 177 Å². The third-order valence-corrected chi connectivity index (χ3v) is 5.31. The molecule has 0 saturated carbocycles. The quantitative estimate of drug-likeness (QED) is 0.827. The molecule has 2 unspecified atom stereocenters. The molecular weight excluding hydrogens is 393 g/mol. The fourth-order valence-corrected chi connectivity index (χ4v) is 3.55. The predicted octanol–water partition coefficient (Wildman–Crippen LogP) is 3.26. The summed E-state index contributed by atoms with van der Waals surface area (Å²) in [7, 11) is 0. The van der Waals surface area contributed by atoms with Crippen LogP contribution >= 0.6 is 12.4 Å². The fourth-order valence-electron chi connectivity index (χ4n) is 3.55. The average molecular weight is 420 g/mol. The number of halogens is 2. The molecule has 5 nitrogen and oxygen atoms in total. The van der Waals surface area contributed by atoms with Crippen molar-refractivity contribution in [3.8, 4) is 0 Å². The first kappa shape index (κ1) is 22.8. The monoisotopic (exact) mass is 419 g/mol. The van der Waals surface area contributed by atoms with E-state index in [2.05, 4.69) is 0 Å². The molecule has 1 aliphatic rings. The van der Waals surface area contributed by atoms with Crippen molar-refractivity contribution in [1.82, 2.24) is 9.80 Å². The highest BCUT2D eigenvalue weighted by Crippen LogP contribution is 2.22. The second-order valence-electron chi connectivity index (χ2n) is 7.18. The lowest BCUT2D eigenvalue weighted by Gasteiger charge is -2.27. The number of nitrogens with zero attached hydrogens (tertiary/aromatic N) is 2. The topological polar surface area (TPSA) is 66.6 Å². The molecule has 29 heavy (non-hydrogen) atoms. The van der Waals surface area contributed by atoms with E-state index in [9.17, 15) is 14.0 Å². The van der Waals surface area contributed by atoms with Gasteiger partial charge in [0.25, 0.3) is 5.91 Å². The van der Waals surface area contributed by atoms with E-state index in [0.717, 1.165) is 5.56 Å². The fraction of sp³-hybridized carbons (Fsp3) is 0.364. The summed E-state index contributed by atoms with van der Waals surface area (Å²) in [6.45, 7) is 3.70. The second-order valence-corrected chi connectivity index (χ2v) is 7.18. The molecule has 2 aromatic carbocycles. The van der Waals surface area contributed by atoms with Crippen molar-refractivity contribution in [3.63, 3.8) is 0 Å². The summed E-state index contributed by atoms with van der Waals surface area (Å²) in [6.07, 6.45) is 0.652. The van der Waals surface area contributed by atoms with Crippen molar-refractivity contribution >= 4 is 24.2 Å². The maximum absolute atomic E-state index is 13.9. The predicted molar refractivity (Wildman–Crippen MR) is 113 cm³/mol. The summed E-state index contributed by atoms with van der Waals surface area (Å²) >= 11 is 0. The Morgan fingerprint density at radius 3 is 2.21 bits per heavy atom. The Kier molecular flexibility index (Phi) is 8.17. The van der Waals surface area contributed by atoms with Crippen LogP contribution in [0.4, 0.5) is 4.39 Å². The van der Waals surface area contributed by atoms with Crippen LogP contribution in [-0.4, -0.2) is 47.8 Å². The van der Waals surface area contributed by atoms with Crippen LogP contribution in [0.25, 0.3) is 0 Å². The van der Waals surface area contributed by atoms with Crippen LogP contribution < -0.4 is 5.73 Å². The largest absolute Gasteiger partial charge is 0.341 e. The average Bonchev–Trinajstić information content (AvgIpc) is 2.99. The zero-order valence-electron chi connectivity index (χ0n) is 16.5. The lowest BCUT2D eigenvalue weighted by atomic mass is 9.94. The molecule has 1 aliphatic heterocycles. The van der Waals surface area contributed by atoms with Gasteiger partial charge in [-0.25, -0.2) is 4.39 Å². The standard InChI is InChI=1S/C22H26FN3O2.ClH/c1-16(20(24)17-8-3-2-4-9-17)21(27)25-12-7-13-26(15-14-25)22(28)18-10-5-6-11-19(18)23;/h2-6,8-11,16,20H,7,12-15,24H2,1H3;1H. The SMILES string of the molecule is CC(C(=O)N1CCCN(C(=O)c2ccccc2F)CC1)C(N)c1ccccc1.Cl. The van der Waals surface area contributed by atoms with E-state index in [-0.39, 0.29) is 41.7 Å². The zero-order valence-corrected chi connectivity index (χ0v) is 17.3. The summed E-state index contributed by atoms with van der Waals surface area (Å²) < 4.78 is 13.9. The van der Waals surface area contributed by atoms with Crippen molar-refractivity contribution in [3.05, 3.63) is 71.5 Å². The Morgan fingerprint density at radius 1 is 0.931 bits per heavy atom. The van der Waals surface area contributed by atoms with Crippen molar-refractivity contribution in [2.45, 2.75) is 19.4 Å². The van der Waals surface area contributed by atoms with Crippen LogP contribution in [0.2, 0.25) is 0 Å². The summed E-state index contributed by atoms with van der Waals surface area (Å²) in [6, 6.07) is 15.2. The number of carbonyl (C=O) groups excluding carboxylic acids is 2. The Bertz CT molecular complexity index is 834. The number of benzene rings is 2. The van der Waals surface area contributed by atoms with E-state index in [1.54, 1.807) is 21.9 Å². The summed E-state index contributed by atoms with van der Waals surface area (Å²) in [4.78, 5) is 29.0. The first-order valence-corrected chi connectivity index (χ1v) is 9.62. The maximum atomic E-state index is 13.9. The van der Waals surface area contributed by atoms with Crippen LogP contribution in [0.1, 0.15) is 35.3 Å². The van der Waals surface area contributed by atoms with Crippen LogP contribution in [-0.2, 0) is 4.79 Å². The van der Waals surface area contributed by atoms with Crippen molar-refractivity contribution in [2.75, 3.05) is 26.2 Å². The van der Waals surface area contributed by atoms with E-state index in [4.69, 9.17) is 5.73 Å². The van der Waals surface area contributed by atoms with Gasteiger partial charge in [-0.1, -0.05) is 49.4 Å². The minimum Gasteiger partial charge on any atom is -0.341 e. The molecule has 3 rings (SSSR count). The molecule has 0 aromatic heterocycles. The van der Waals surface area contributed by atoms with Gasteiger partial charge in [0.1, 0.15) is 5.82 Å². The molecule has 2 N–H and O–H groups in total. The maximum Gasteiger partial charge on any atom is 0.256 e. The molecular formula is C22H27ClFN3O2. The molecule has 0 radical (unpaired) electrons. The van der Waals surface area contributed by atoms with Gasteiger partial charge in [-0.05, 0) is 24.1 Å². The van der Waals surface area contributed by atoms with Crippen molar-refractivity contribution in [2.24, 2.45) is 11.7 Å². The van der Waals surface area contributed by atoms with E-state index < -0.39 is 5.82 Å². The Morgan fingerprint density at radius 2 is 1.52 bits per heavy atom. The molecule has 1 saturated heterocycles. The molecule has 156 valence electrons. The lowest BCUT2D eigenvalue weighted by molar-refractivity contribution is -0.135. The molecule has 0 aliphatic carbocycles. The summed E-state index contributed by atoms with van der Waals surface area (Å²) in [5, 5.41) is 0. The highest BCUT2D eigenvalue weighted by Gasteiger charge is 2.29. The summed E-state index contributed by atoms with van der Waals surface area (Å²) in [5.74, 6) is -1.23. The summed E-state index contributed by atoms with van der Waals surface area (Å²) in [5.41, 5.74) is 7.30. The number of hydrogen-bond acceptors (Lipinski definition) is 3. The molecule has 2 atom stereocenters. The van der Waals surface area contributed by atoms with Gasteiger partial charge < -0.3 is 15.5 Å². The molecule has 0 spiro atoms. The number of hydrogen-bond donors (Lipinski definition) is 1. The van der Waals surface area contributed by atoms with E-state index in [1.807, 2.05) is 37.3 Å². The number of rotatable bonds is 4. The molecule has 1 heterocycles. The number of nitrogens with two attached hydrogens (primary N) is 1. The first-order chi connectivity index (χ1) is 13.5. The zero-order chi connectivity index (χ0) is 20.1. The molecule has 2 aromatic rings. The Balaban J connectivity index is 0.00000300. The highest BCUT2D eigenvalue weighted by molar-refractivity contribution is 5.94. The molecule has 2 amide bonds. The van der Waals surface area contributed by atoms with Gasteiger partial charge in [0, 0.05) is 32.2 Å². The van der Waals surface area contributed by atoms with Gasteiger partial charge in [0.2, 0.25) is 5.91 Å². The van der Waals surface area contributed by atoms with E-state index >= 15 is 0 Å². The Hall–Kier alpha value is -2.44. The second kappa shape index (κ2) is 10.4. The van der Waals surface area contributed by atoms with Gasteiger partial charge in [-0.2, -0.15) is 0 Å². The van der Waals surface area contributed by atoms with E-state index in [1.165, 1.54) is 12.1 Å². The van der Waals surface area contributed by atoms with Crippen LogP contribution in [0.3, 0.4) is 0 Å². The van der Waals surface area contributed by atoms with Gasteiger partial charge in [-0.3, -0.25) is 9.59 Å². The van der Waals surface area contributed by atoms with Crippen LogP contribution in [0.15, 0.2) is 54.6 Å². The molecule has 7 heteroatoms. The number of carbonyl (C=O) groups is 2. The van der Waals surface area contributed by atoms with Gasteiger partial charge >= 0.3 is 0 Å². The minimum atomic E-state index is -0.521. The van der Waals surface area contributed by atoms with Crippen LogP contribution in [0, 0.1) is 11.7 Å².